The molecule has 0 aliphatic heterocycles. The lowest BCUT2D eigenvalue weighted by molar-refractivity contribution is 0.242. The summed E-state index contributed by atoms with van der Waals surface area (Å²) in [7, 11) is 0. The molecule has 0 aliphatic rings. The van der Waals surface area contributed by atoms with Gasteiger partial charge in [-0.3, -0.25) is 0 Å². The first-order chi connectivity index (χ1) is 12.5. The topological polar surface area (TPSA) is 59.1 Å². The van der Waals surface area contributed by atoms with Gasteiger partial charge in [-0.05, 0) is 62.4 Å². The van der Waals surface area contributed by atoms with Crippen molar-refractivity contribution in [2.45, 2.75) is 20.0 Å². The Kier molecular flexibility index (Phi) is 5.81. The van der Waals surface area contributed by atoms with Crippen LogP contribution in [0.1, 0.15) is 13.8 Å². The van der Waals surface area contributed by atoms with Gasteiger partial charge in [-0.1, -0.05) is 23.2 Å². The number of rotatable bonds is 6. The molecule has 0 saturated carbocycles. The van der Waals surface area contributed by atoms with E-state index in [0.29, 0.717) is 21.8 Å². The maximum Gasteiger partial charge on any atom is 0.229 e. The molecule has 0 fully saturated rings. The first kappa shape index (κ1) is 18.3. The quantitative estimate of drug-likeness (QED) is 0.537. The van der Waals surface area contributed by atoms with Gasteiger partial charge in [-0.2, -0.15) is 4.98 Å². The van der Waals surface area contributed by atoms with Crippen LogP contribution in [0.4, 0.5) is 23.1 Å². The summed E-state index contributed by atoms with van der Waals surface area (Å²) in [6, 6.07) is 14.7. The van der Waals surface area contributed by atoms with Crippen LogP contribution in [0.5, 0.6) is 5.75 Å². The van der Waals surface area contributed by atoms with Crippen LogP contribution < -0.4 is 15.4 Å². The molecule has 7 heteroatoms. The zero-order valence-corrected chi connectivity index (χ0v) is 15.8. The van der Waals surface area contributed by atoms with E-state index in [1.807, 2.05) is 44.2 Å². The van der Waals surface area contributed by atoms with Crippen molar-refractivity contribution in [1.82, 2.24) is 9.97 Å². The maximum absolute atomic E-state index is 6.04. The van der Waals surface area contributed by atoms with Gasteiger partial charge in [0.15, 0.2) is 0 Å². The molecule has 0 radical (unpaired) electrons. The highest BCUT2D eigenvalue weighted by Crippen LogP contribution is 2.27. The van der Waals surface area contributed by atoms with Gasteiger partial charge in [0.2, 0.25) is 5.95 Å². The third kappa shape index (κ3) is 5.00. The highest BCUT2D eigenvalue weighted by atomic mass is 35.5. The van der Waals surface area contributed by atoms with Crippen LogP contribution in [0.25, 0.3) is 0 Å². The minimum absolute atomic E-state index is 0.140. The summed E-state index contributed by atoms with van der Waals surface area (Å²) < 4.78 is 5.63. The molecule has 134 valence electrons. The standard InChI is InChI=1S/C19H18Cl2N4O/c1-12(2)26-15-6-3-13(4-7-15)24-19-22-10-9-18(25-19)23-14-5-8-16(20)17(21)11-14/h3-12H,1-2H3,(H2,22,23,24,25). The van der Waals surface area contributed by atoms with Crippen molar-refractivity contribution in [3.05, 3.63) is 64.8 Å². The van der Waals surface area contributed by atoms with Crippen molar-refractivity contribution in [3.63, 3.8) is 0 Å². The number of hydrogen-bond acceptors (Lipinski definition) is 5. The van der Waals surface area contributed by atoms with E-state index in [9.17, 15) is 0 Å². The van der Waals surface area contributed by atoms with Crippen molar-refractivity contribution < 1.29 is 4.74 Å². The van der Waals surface area contributed by atoms with Crippen molar-refractivity contribution in [1.29, 1.82) is 0 Å². The third-order valence-electron chi connectivity index (χ3n) is 3.33. The fraction of sp³-hybridized carbons (Fsp3) is 0.158. The smallest absolute Gasteiger partial charge is 0.229 e. The van der Waals surface area contributed by atoms with Crippen LogP contribution in [0.15, 0.2) is 54.7 Å². The van der Waals surface area contributed by atoms with Crippen LogP contribution in [0.2, 0.25) is 10.0 Å². The van der Waals surface area contributed by atoms with Crippen LogP contribution in [-0.4, -0.2) is 16.1 Å². The largest absolute Gasteiger partial charge is 0.491 e. The first-order valence-corrected chi connectivity index (χ1v) is 8.84. The second kappa shape index (κ2) is 8.25. The molecule has 0 unspecified atom stereocenters. The van der Waals surface area contributed by atoms with Crippen LogP contribution in [0, 0.1) is 0 Å². The number of halogens is 2. The van der Waals surface area contributed by atoms with Gasteiger partial charge in [0.25, 0.3) is 0 Å². The second-order valence-electron chi connectivity index (χ2n) is 5.84. The minimum Gasteiger partial charge on any atom is -0.491 e. The molecule has 2 aromatic carbocycles. The Morgan fingerprint density at radius 3 is 2.31 bits per heavy atom. The van der Waals surface area contributed by atoms with Gasteiger partial charge in [0.05, 0.1) is 16.1 Å². The summed E-state index contributed by atoms with van der Waals surface area (Å²) in [5.41, 5.74) is 1.66. The summed E-state index contributed by atoms with van der Waals surface area (Å²) in [4.78, 5) is 8.68. The fourth-order valence-corrected chi connectivity index (χ4v) is 2.53. The molecule has 0 atom stereocenters. The predicted octanol–water partition coefficient (Wildman–Crippen LogP) is 6.06. The highest BCUT2D eigenvalue weighted by molar-refractivity contribution is 6.42. The monoisotopic (exact) mass is 388 g/mol. The van der Waals surface area contributed by atoms with Crippen molar-refractivity contribution in [2.75, 3.05) is 10.6 Å². The molecule has 1 aromatic heterocycles. The first-order valence-electron chi connectivity index (χ1n) is 8.08. The molecule has 0 saturated heterocycles. The van der Waals surface area contributed by atoms with Gasteiger partial charge in [0, 0.05) is 17.6 Å². The Labute approximate surface area is 162 Å². The summed E-state index contributed by atoms with van der Waals surface area (Å²) >= 11 is 12.0. The molecular weight excluding hydrogens is 371 g/mol. The molecule has 26 heavy (non-hydrogen) atoms. The number of anilines is 4. The summed E-state index contributed by atoms with van der Waals surface area (Å²) in [5, 5.41) is 7.33. The maximum atomic E-state index is 6.04. The third-order valence-corrected chi connectivity index (χ3v) is 4.07. The van der Waals surface area contributed by atoms with E-state index in [1.54, 1.807) is 24.4 Å². The Balaban J connectivity index is 1.69. The van der Waals surface area contributed by atoms with Gasteiger partial charge in [-0.25, -0.2) is 4.98 Å². The van der Waals surface area contributed by atoms with Crippen LogP contribution >= 0.6 is 23.2 Å². The lowest BCUT2D eigenvalue weighted by atomic mass is 10.3. The van der Waals surface area contributed by atoms with E-state index in [4.69, 9.17) is 27.9 Å². The Bertz CT molecular complexity index is 885. The lowest BCUT2D eigenvalue weighted by Crippen LogP contribution is -2.05. The number of nitrogens with one attached hydrogen (secondary N) is 2. The van der Waals surface area contributed by atoms with E-state index < -0.39 is 0 Å². The summed E-state index contributed by atoms with van der Waals surface area (Å²) in [6.07, 6.45) is 1.81. The molecular formula is C19H18Cl2N4O. The number of benzene rings is 2. The zero-order chi connectivity index (χ0) is 18.5. The van der Waals surface area contributed by atoms with E-state index >= 15 is 0 Å². The average Bonchev–Trinajstić information content (AvgIpc) is 2.60. The Morgan fingerprint density at radius 2 is 1.62 bits per heavy atom. The number of ether oxygens (including phenoxy) is 1. The molecule has 3 aromatic rings. The lowest BCUT2D eigenvalue weighted by Gasteiger charge is -2.11. The molecule has 2 N–H and O–H groups in total. The minimum atomic E-state index is 0.140. The van der Waals surface area contributed by atoms with Crippen molar-refractivity contribution >= 4 is 46.3 Å². The van der Waals surface area contributed by atoms with Gasteiger partial charge in [-0.15, -0.1) is 0 Å². The Morgan fingerprint density at radius 1 is 0.885 bits per heavy atom. The molecule has 0 amide bonds. The van der Waals surface area contributed by atoms with Gasteiger partial charge < -0.3 is 15.4 Å². The summed E-state index contributed by atoms with van der Waals surface area (Å²) in [5.74, 6) is 1.94. The highest BCUT2D eigenvalue weighted by Gasteiger charge is 2.04. The van der Waals surface area contributed by atoms with Crippen molar-refractivity contribution in [2.24, 2.45) is 0 Å². The van der Waals surface area contributed by atoms with E-state index in [0.717, 1.165) is 17.1 Å². The molecule has 0 aliphatic carbocycles. The summed E-state index contributed by atoms with van der Waals surface area (Å²) in [6.45, 7) is 3.98. The normalized spacial score (nSPS) is 10.7. The second-order valence-corrected chi connectivity index (χ2v) is 6.65. The van der Waals surface area contributed by atoms with E-state index in [-0.39, 0.29) is 6.10 Å². The molecule has 3 rings (SSSR count). The number of aromatic nitrogens is 2. The zero-order valence-electron chi connectivity index (χ0n) is 14.3. The fourth-order valence-electron chi connectivity index (χ4n) is 2.23. The number of hydrogen-bond donors (Lipinski definition) is 2. The SMILES string of the molecule is CC(C)Oc1ccc(Nc2nccc(Nc3ccc(Cl)c(Cl)c3)n2)cc1. The molecule has 0 spiro atoms. The number of nitrogens with zero attached hydrogens (tertiary/aromatic N) is 2. The van der Waals surface area contributed by atoms with Crippen molar-refractivity contribution in [3.8, 4) is 5.75 Å². The average molecular weight is 389 g/mol. The van der Waals surface area contributed by atoms with Crippen LogP contribution in [-0.2, 0) is 0 Å². The van der Waals surface area contributed by atoms with E-state index in [1.165, 1.54) is 0 Å². The molecule has 5 nitrogen and oxygen atoms in total. The van der Waals surface area contributed by atoms with Crippen LogP contribution in [0.3, 0.4) is 0 Å². The van der Waals surface area contributed by atoms with E-state index in [2.05, 4.69) is 20.6 Å². The van der Waals surface area contributed by atoms with Gasteiger partial charge >= 0.3 is 0 Å². The molecule has 1 heterocycles. The Hall–Kier alpha value is -2.50. The molecule has 0 bridgehead atoms. The van der Waals surface area contributed by atoms with Gasteiger partial charge in [0.1, 0.15) is 11.6 Å². The predicted molar refractivity (Wildman–Crippen MR) is 107 cm³/mol.